The zero-order valence-corrected chi connectivity index (χ0v) is 11.9. The van der Waals surface area contributed by atoms with Crippen molar-refractivity contribution in [2.45, 2.75) is 46.1 Å². The third-order valence-corrected chi connectivity index (χ3v) is 4.07. The molecule has 1 aliphatic heterocycles. The van der Waals surface area contributed by atoms with E-state index in [-0.39, 0.29) is 0 Å². The van der Waals surface area contributed by atoms with Gasteiger partial charge in [0.25, 0.3) is 0 Å². The number of nitrogens with zero attached hydrogens (tertiary/aromatic N) is 1. The summed E-state index contributed by atoms with van der Waals surface area (Å²) in [5, 5.41) is 0. The Bertz CT molecular complexity index is 398. The van der Waals surface area contributed by atoms with Gasteiger partial charge in [0, 0.05) is 18.3 Å². The average molecular weight is 246 g/mol. The summed E-state index contributed by atoms with van der Waals surface area (Å²) in [5.41, 5.74) is 9.80. The minimum atomic E-state index is 0.712. The number of rotatable bonds is 4. The SMILES string of the molecule is Cc1cc(CCN)ccc1N1CCCC1C(C)C. The van der Waals surface area contributed by atoms with E-state index >= 15 is 0 Å². The van der Waals surface area contributed by atoms with E-state index in [0.29, 0.717) is 6.04 Å². The molecule has 100 valence electrons. The van der Waals surface area contributed by atoms with Crippen LogP contribution in [0.25, 0.3) is 0 Å². The minimum Gasteiger partial charge on any atom is -0.368 e. The highest BCUT2D eigenvalue weighted by Gasteiger charge is 2.27. The van der Waals surface area contributed by atoms with Crippen molar-refractivity contribution in [3.8, 4) is 0 Å². The van der Waals surface area contributed by atoms with Gasteiger partial charge in [-0.15, -0.1) is 0 Å². The highest BCUT2D eigenvalue weighted by atomic mass is 15.2. The van der Waals surface area contributed by atoms with E-state index in [1.807, 2.05) is 0 Å². The summed E-state index contributed by atoms with van der Waals surface area (Å²) in [5.74, 6) is 0.732. The van der Waals surface area contributed by atoms with E-state index in [4.69, 9.17) is 5.73 Å². The molecule has 1 fully saturated rings. The Morgan fingerprint density at radius 2 is 2.17 bits per heavy atom. The quantitative estimate of drug-likeness (QED) is 0.884. The molecule has 0 spiro atoms. The van der Waals surface area contributed by atoms with Gasteiger partial charge in [0.1, 0.15) is 0 Å². The maximum atomic E-state index is 5.62. The fourth-order valence-electron chi connectivity index (χ4n) is 3.15. The van der Waals surface area contributed by atoms with Crippen molar-refractivity contribution in [1.82, 2.24) is 0 Å². The lowest BCUT2D eigenvalue weighted by Gasteiger charge is -2.31. The first-order valence-electron chi connectivity index (χ1n) is 7.19. The number of hydrogen-bond acceptors (Lipinski definition) is 2. The Balaban J connectivity index is 2.22. The smallest absolute Gasteiger partial charge is 0.0398 e. The lowest BCUT2D eigenvalue weighted by Crippen LogP contribution is -2.33. The lowest BCUT2D eigenvalue weighted by molar-refractivity contribution is 0.491. The first-order valence-corrected chi connectivity index (χ1v) is 7.19. The average Bonchev–Trinajstić information content (AvgIpc) is 2.78. The van der Waals surface area contributed by atoms with Crippen molar-refractivity contribution in [3.63, 3.8) is 0 Å². The van der Waals surface area contributed by atoms with Crippen LogP contribution in [-0.4, -0.2) is 19.1 Å². The summed E-state index contributed by atoms with van der Waals surface area (Å²) in [7, 11) is 0. The molecular weight excluding hydrogens is 220 g/mol. The van der Waals surface area contributed by atoms with Crippen LogP contribution in [0.15, 0.2) is 18.2 Å². The number of benzene rings is 1. The summed E-state index contributed by atoms with van der Waals surface area (Å²) in [6, 6.07) is 7.55. The molecule has 1 aromatic rings. The molecule has 0 radical (unpaired) electrons. The van der Waals surface area contributed by atoms with Gasteiger partial charge in [0.2, 0.25) is 0 Å². The number of anilines is 1. The molecule has 2 heteroatoms. The van der Waals surface area contributed by atoms with Crippen LogP contribution in [0.1, 0.15) is 37.8 Å². The Morgan fingerprint density at radius 1 is 1.39 bits per heavy atom. The van der Waals surface area contributed by atoms with Crippen LogP contribution in [0.4, 0.5) is 5.69 Å². The number of nitrogens with two attached hydrogens (primary N) is 1. The molecule has 0 aromatic heterocycles. The standard InChI is InChI=1S/C16H26N2/c1-12(2)15-5-4-10-18(15)16-7-6-14(8-9-17)11-13(16)3/h6-7,11-12,15H,4-5,8-10,17H2,1-3H3. The van der Waals surface area contributed by atoms with Gasteiger partial charge in [-0.05, 0) is 55.8 Å². The molecule has 1 unspecified atom stereocenters. The fourth-order valence-corrected chi connectivity index (χ4v) is 3.15. The molecule has 1 aromatic carbocycles. The summed E-state index contributed by atoms with van der Waals surface area (Å²) in [6.45, 7) is 8.84. The molecule has 1 aliphatic rings. The molecule has 0 amide bonds. The van der Waals surface area contributed by atoms with Crippen molar-refractivity contribution in [2.75, 3.05) is 18.0 Å². The lowest BCUT2D eigenvalue weighted by atomic mass is 10.00. The van der Waals surface area contributed by atoms with E-state index in [1.165, 1.54) is 36.2 Å². The second kappa shape index (κ2) is 5.75. The van der Waals surface area contributed by atoms with Crippen LogP contribution in [0.5, 0.6) is 0 Å². The largest absolute Gasteiger partial charge is 0.368 e. The zero-order chi connectivity index (χ0) is 13.1. The minimum absolute atomic E-state index is 0.712. The molecule has 1 heterocycles. The molecule has 2 N–H and O–H groups in total. The molecule has 0 aliphatic carbocycles. The molecule has 2 rings (SSSR count). The number of aryl methyl sites for hydroxylation is 1. The van der Waals surface area contributed by atoms with Gasteiger partial charge in [-0.1, -0.05) is 26.0 Å². The normalized spacial score (nSPS) is 19.8. The molecule has 18 heavy (non-hydrogen) atoms. The van der Waals surface area contributed by atoms with Gasteiger partial charge < -0.3 is 10.6 Å². The van der Waals surface area contributed by atoms with E-state index < -0.39 is 0 Å². The third-order valence-electron chi connectivity index (χ3n) is 4.07. The Kier molecular flexibility index (Phi) is 4.28. The van der Waals surface area contributed by atoms with Crippen molar-refractivity contribution < 1.29 is 0 Å². The van der Waals surface area contributed by atoms with Crippen LogP contribution >= 0.6 is 0 Å². The van der Waals surface area contributed by atoms with E-state index in [9.17, 15) is 0 Å². The molecular formula is C16H26N2. The van der Waals surface area contributed by atoms with E-state index in [1.54, 1.807) is 0 Å². The van der Waals surface area contributed by atoms with Gasteiger partial charge in [-0.25, -0.2) is 0 Å². The van der Waals surface area contributed by atoms with Crippen molar-refractivity contribution in [2.24, 2.45) is 11.7 Å². The van der Waals surface area contributed by atoms with Gasteiger partial charge in [-0.2, -0.15) is 0 Å². The number of hydrogen-bond donors (Lipinski definition) is 1. The van der Waals surface area contributed by atoms with E-state index in [0.717, 1.165) is 18.9 Å². The Hall–Kier alpha value is -1.02. The third kappa shape index (κ3) is 2.69. The Morgan fingerprint density at radius 3 is 2.78 bits per heavy atom. The predicted octanol–water partition coefficient (Wildman–Crippen LogP) is 3.12. The van der Waals surface area contributed by atoms with Crippen molar-refractivity contribution >= 4 is 5.69 Å². The van der Waals surface area contributed by atoms with Gasteiger partial charge in [0.15, 0.2) is 0 Å². The maximum absolute atomic E-state index is 5.62. The van der Waals surface area contributed by atoms with E-state index in [2.05, 4.69) is 43.9 Å². The predicted molar refractivity (Wildman–Crippen MR) is 79.1 cm³/mol. The Labute approximate surface area is 111 Å². The first-order chi connectivity index (χ1) is 8.63. The van der Waals surface area contributed by atoms with Crippen molar-refractivity contribution in [3.05, 3.63) is 29.3 Å². The van der Waals surface area contributed by atoms with Crippen molar-refractivity contribution in [1.29, 1.82) is 0 Å². The summed E-state index contributed by atoms with van der Waals surface area (Å²) in [4.78, 5) is 2.60. The molecule has 0 saturated carbocycles. The highest BCUT2D eigenvalue weighted by Crippen LogP contribution is 2.32. The molecule has 1 atom stereocenters. The van der Waals surface area contributed by atoms with Crippen LogP contribution in [0, 0.1) is 12.8 Å². The summed E-state index contributed by atoms with van der Waals surface area (Å²) in [6.07, 6.45) is 3.64. The van der Waals surface area contributed by atoms with Crippen LogP contribution < -0.4 is 10.6 Å². The highest BCUT2D eigenvalue weighted by molar-refractivity contribution is 5.56. The molecule has 1 saturated heterocycles. The summed E-state index contributed by atoms with van der Waals surface area (Å²) < 4.78 is 0. The fraction of sp³-hybridized carbons (Fsp3) is 0.625. The maximum Gasteiger partial charge on any atom is 0.0398 e. The van der Waals surface area contributed by atoms with Gasteiger partial charge in [-0.3, -0.25) is 0 Å². The summed E-state index contributed by atoms with van der Waals surface area (Å²) >= 11 is 0. The topological polar surface area (TPSA) is 29.3 Å². The first kappa shape index (κ1) is 13.4. The monoisotopic (exact) mass is 246 g/mol. The zero-order valence-electron chi connectivity index (χ0n) is 11.9. The second-order valence-corrected chi connectivity index (χ2v) is 5.81. The van der Waals surface area contributed by atoms with Gasteiger partial charge >= 0.3 is 0 Å². The molecule has 2 nitrogen and oxygen atoms in total. The second-order valence-electron chi connectivity index (χ2n) is 5.81. The van der Waals surface area contributed by atoms with Crippen LogP contribution in [-0.2, 0) is 6.42 Å². The van der Waals surface area contributed by atoms with Gasteiger partial charge in [0.05, 0.1) is 0 Å². The molecule has 0 bridgehead atoms. The van der Waals surface area contributed by atoms with Crippen LogP contribution in [0.3, 0.4) is 0 Å². The van der Waals surface area contributed by atoms with Crippen LogP contribution in [0.2, 0.25) is 0 Å².